The molecule has 0 aromatic carbocycles. The summed E-state index contributed by atoms with van der Waals surface area (Å²) in [6.45, 7) is 3.57. The monoisotopic (exact) mass is 734 g/mol. The fraction of sp³-hybridized carbons (Fsp3) is 0.838. The van der Waals surface area contributed by atoms with Gasteiger partial charge in [-0.2, -0.15) is 8.42 Å². The molecule has 0 aromatic rings. The van der Waals surface area contributed by atoms with Crippen molar-refractivity contribution in [3.8, 4) is 0 Å². The molecule has 1 aliphatic rings. The standard InChI is InChI=1S/C37H66O12S/c1-3-5-7-9-11-12-13-14-15-16-17-18-20-22-24-26-33(39)48-30(27-46-32(38)25-23-21-19-10-8-6-4-2)28-47-37-36(42)35(41)34(40)31(49-37)29-50(43,44)45/h20,22,24,26,30-31,34-37,40-42H,3-19,21,23,25,27-29H2,1-2H3,(H,43,44,45)/b22-20+,26-24+/t30-,31-,34-,35?,36?,37+/m1/s1. The zero-order valence-electron chi connectivity index (χ0n) is 30.5. The van der Waals surface area contributed by atoms with Gasteiger partial charge in [0.15, 0.2) is 12.4 Å². The Morgan fingerprint density at radius 3 is 1.82 bits per heavy atom. The zero-order valence-corrected chi connectivity index (χ0v) is 31.3. The van der Waals surface area contributed by atoms with Crippen LogP contribution in [0.2, 0.25) is 0 Å². The SMILES string of the molecule is CCCCCCCCCCCCC/C=C/C=C/C(=O)O[C@H](COC(=O)CCCCCCCCC)CO[C@H]1O[C@H](CS(=O)(=O)O)[C@@H](O)C(O)C1O. The number of ether oxygens (including phenoxy) is 4. The molecule has 292 valence electrons. The van der Waals surface area contributed by atoms with Gasteiger partial charge in [-0.05, 0) is 19.3 Å². The fourth-order valence-corrected chi connectivity index (χ4v) is 6.33. The van der Waals surface area contributed by atoms with Crippen molar-refractivity contribution in [1.29, 1.82) is 0 Å². The van der Waals surface area contributed by atoms with Gasteiger partial charge in [-0.15, -0.1) is 0 Å². The molecule has 0 saturated carbocycles. The fourth-order valence-electron chi connectivity index (χ4n) is 5.64. The molecule has 0 radical (unpaired) electrons. The average molecular weight is 735 g/mol. The third-order valence-corrected chi connectivity index (χ3v) is 9.39. The highest BCUT2D eigenvalue weighted by Crippen LogP contribution is 2.23. The Bertz CT molecular complexity index is 1050. The number of unbranched alkanes of at least 4 members (excludes halogenated alkanes) is 17. The second-order valence-electron chi connectivity index (χ2n) is 13.3. The summed E-state index contributed by atoms with van der Waals surface area (Å²) in [7, 11) is -4.60. The van der Waals surface area contributed by atoms with E-state index in [0.29, 0.717) is 6.42 Å². The summed E-state index contributed by atoms with van der Waals surface area (Å²) in [5, 5.41) is 30.6. The van der Waals surface area contributed by atoms with Gasteiger partial charge < -0.3 is 34.3 Å². The Kier molecular flexibility index (Phi) is 26.5. The highest BCUT2D eigenvalue weighted by atomic mass is 32.2. The van der Waals surface area contributed by atoms with E-state index in [0.717, 1.165) is 44.9 Å². The maximum atomic E-state index is 12.6. The Balaban J connectivity index is 2.58. The second kappa shape index (κ2) is 28.7. The lowest BCUT2D eigenvalue weighted by Gasteiger charge is -2.40. The summed E-state index contributed by atoms with van der Waals surface area (Å²) in [4.78, 5) is 25.0. The lowest BCUT2D eigenvalue weighted by atomic mass is 10.00. The van der Waals surface area contributed by atoms with Crippen molar-refractivity contribution in [3.05, 3.63) is 24.3 Å². The molecule has 1 heterocycles. The van der Waals surface area contributed by atoms with Crippen molar-refractivity contribution < 1.29 is 56.8 Å². The van der Waals surface area contributed by atoms with Crippen LogP contribution in [0.3, 0.4) is 0 Å². The molecule has 4 N–H and O–H groups in total. The van der Waals surface area contributed by atoms with Crippen LogP contribution in [-0.2, 0) is 38.7 Å². The van der Waals surface area contributed by atoms with Crippen LogP contribution in [0.4, 0.5) is 0 Å². The van der Waals surface area contributed by atoms with Gasteiger partial charge >= 0.3 is 11.9 Å². The van der Waals surface area contributed by atoms with Gasteiger partial charge in [-0.3, -0.25) is 9.35 Å². The highest BCUT2D eigenvalue weighted by Gasteiger charge is 2.46. The summed E-state index contributed by atoms with van der Waals surface area (Å²) in [6.07, 6.45) is 19.0. The minimum Gasteiger partial charge on any atom is -0.462 e. The molecular formula is C37H66O12S. The first kappa shape index (κ1) is 46.2. The molecule has 1 rings (SSSR count). The number of allylic oxidation sites excluding steroid dienone is 3. The molecule has 1 aliphatic heterocycles. The molecule has 13 heteroatoms. The van der Waals surface area contributed by atoms with Crippen LogP contribution < -0.4 is 0 Å². The quantitative estimate of drug-likeness (QED) is 0.0219. The maximum absolute atomic E-state index is 12.6. The predicted octanol–water partition coefficient (Wildman–Crippen LogP) is 6.11. The van der Waals surface area contributed by atoms with Crippen LogP contribution in [0.25, 0.3) is 0 Å². The number of aliphatic hydroxyl groups excluding tert-OH is 3. The molecule has 50 heavy (non-hydrogen) atoms. The summed E-state index contributed by atoms with van der Waals surface area (Å²) in [5.74, 6) is -2.25. The van der Waals surface area contributed by atoms with Crippen molar-refractivity contribution in [1.82, 2.24) is 0 Å². The lowest BCUT2D eigenvalue weighted by Crippen LogP contribution is -2.60. The number of hydrogen-bond donors (Lipinski definition) is 4. The molecule has 0 bridgehead atoms. The van der Waals surface area contributed by atoms with Crippen molar-refractivity contribution in [3.63, 3.8) is 0 Å². The van der Waals surface area contributed by atoms with Crippen molar-refractivity contribution in [2.24, 2.45) is 0 Å². The lowest BCUT2D eigenvalue weighted by molar-refractivity contribution is -0.297. The molecule has 2 unspecified atom stereocenters. The van der Waals surface area contributed by atoms with Crippen LogP contribution in [0, 0.1) is 0 Å². The van der Waals surface area contributed by atoms with Gasteiger partial charge in [-0.25, -0.2) is 4.79 Å². The number of carbonyl (C=O) groups excluding carboxylic acids is 2. The Morgan fingerprint density at radius 2 is 1.26 bits per heavy atom. The van der Waals surface area contributed by atoms with Gasteiger partial charge in [0.2, 0.25) is 0 Å². The molecule has 0 aromatic heterocycles. The third-order valence-electron chi connectivity index (χ3n) is 8.64. The van der Waals surface area contributed by atoms with Crippen LogP contribution in [0.15, 0.2) is 24.3 Å². The third kappa shape index (κ3) is 23.6. The number of hydrogen-bond acceptors (Lipinski definition) is 11. The first-order valence-corrected chi connectivity index (χ1v) is 20.5. The average Bonchev–Trinajstić information content (AvgIpc) is 3.07. The van der Waals surface area contributed by atoms with Gasteiger partial charge in [0, 0.05) is 12.5 Å². The molecule has 1 fully saturated rings. The van der Waals surface area contributed by atoms with E-state index < -0.39 is 71.2 Å². The van der Waals surface area contributed by atoms with Gasteiger partial charge in [0.25, 0.3) is 10.1 Å². The van der Waals surface area contributed by atoms with E-state index in [1.807, 2.05) is 6.08 Å². The number of esters is 2. The minimum atomic E-state index is -4.60. The molecule has 1 saturated heterocycles. The normalized spacial score (nSPS) is 21.9. The van der Waals surface area contributed by atoms with E-state index in [4.69, 9.17) is 18.9 Å². The topological polar surface area (TPSA) is 186 Å². The van der Waals surface area contributed by atoms with Crippen molar-refractivity contribution in [2.75, 3.05) is 19.0 Å². The van der Waals surface area contributed by atoms with Crippen LogP contribution in [0.1, 0.15) is 142 Å². The summed E-state index contributed by atoms with van der Waals surface area (Å²) < 4.78 is 53.4. The molecule has 0 amide bonds. The van der Waals surface area contributed by atoms with Gasteiger partial charge in [0.1, 0.15) is 36.8 Å². The van der Waals surface area contributed by atoms with E-state index in [2.05, 4.69) is 13.8 Å². The molecule has 0 aliphatic carbocycles. The van der Waals surface area contributed by atoms with Crippen molar-refractivity contribution in [2.45, 2.75) is 179 Å². The zero-order chi connectivity index (χ0) is 37.0. The van der Waals surface area contributed by atoms with E-state index >= 15 is 0 Å². The summed E-state index contributed by atoms with van der Waals surface area (Å²) >= 11 is 0. The molecule has 6 atom stereocenters. The second-order valence-corrected chi connectivity index (χ2v) is 14.8. The van der Waals surface area contributed by atoms with E-state index in [-0.39, 0.29) is 13.0 Å². The molecule has 12 nitrogen and oxygen atoms in total. The first-order chi connectivity index (χ1) is 24.0. The van der Waals surface area contributed by atoms with Crippen molar-refractivity contribution >= 4 is 22.1 Å². The smallest absolute Gasteiger partial charge is 0.331 e. The first-order valence-electron chi connectivity index (χ1n) is 18.9. The number of aliphatic hydroxyl groups is 3. The molecule has 0 spiro atoms. The number of rotatable bonds is 30. The summed E-state index contributed by atoms with van der Waals surface area (Å²) in [6, 6.07) is 0. The highest BCUT2D eigenvalue weighted by molar-refractivity contribution is 7.85. The largest absolute Gasteiger partial charge is 0.462 e. The van der Waals surface area contributed by atoms with E-state index in [1.54, 1.807) is 12.2 Å². The van der Waals surface area contributed by atoms with Crippen LogP contribution >= 0.6 is 0 Å². The summed E-state index contributed by atoms with van der Waals surface area (Å²) in [5.41, 5.74) is 0. The minimum absolute atomic E-state index is 0.199. The Hall–Kier alpha value is -1.87. The van der Waals surface area contributed by atoms with Crippen LogP contribution in [-0.4, -0.2) is 96.0 Å². The number of carbonyl (C=O) groups is 2. The van der Waals surface area contributed by atoms with E-state index in [9.17, 15) is 37.9 Å². The predicted molar refractivity (Wildman–Crippen MR) is 192 cm³/mol. The van der Waals surface area contributed by atoms with E-state index in [1.165, 1.54) is 76.7 Å². The van der Waals surface area contributed by atoms with Crippen LogP contribution in [0.5, 0.6) is 0 Å². The van der Waals surface area contributed by atoms with Gasteiger partial charge in [-0.1, -0.05) is 135 Å². The Morgan fingerprint density at radius 1 is 0.720 bits per heavy atom. The Labute approximate surface area is 300 Å². The molecular weight excluding hydrogens is 668 g/mol. The maximum Gasteiger partial charge on any atom is 0.331 e. The van der Waals surface area contributed by atoms with Gasteiger partial charge in [0.05, 0.1) is 6.61 Å².